The van der Waals surface area contributed by atoms with Crippen molar-refractivity contribution in [1.82, 2.24) is 4.98 Å². The largest absolute Gasteiger partial charge is 0.478 e. The lowest BCUT2D eigenvalue weighted by atomic mass is 10.1. The zero-order valence-corrected chi connectivity index (χ0v) is 9.98. The number of benzene rings is 1. The van der Waals surface area contributed by atoms with Crippen molar-refractivity contribution in [3.63, 3.8) is 0 Å². The number of rotatable bonds is 3. The van der Waals surface area contributed by atoms with Gasteiger partial charge in [-0.3, -0.25) is 4.98 Å². The summed E-state index contributed by atoms with van der Waals surface area (Å²) in [6, 6.07) is 5.75. The first kappa shape index (κ1) is 13.9. The molecule has 7 heteroatoms. The number of nitrogens with zero attached hydrogens (tertiary/aromatic N) is 1. The van der Waals surface area contributed by atoms with E-state index < -0.39 is 17.7 Å². The highest BCUT2D eigenvalue weighted by Gasteiger charge is 2.30. The highest BCUT2D eigenvalue weighted by Crippen LogP contribution is 2.31. The van der Waals surface area contributed by atoms with Crippen molar-refractivity contribution >= 4 is 17.3 Å². The molecule has 104 valence electrons. The van der Waals surface area contributed by atoms with E-state index in [0.717, 1.165) is 12.1 Å². The SMILES string of the molecule is O=C(O)c1ccncc1Nc1cccc(C(F)(F)F)c1. The lowest BCUT2D eigenvalue weighted by molar-refractivity contribution is -0.137. The van der Waals surface area contributed by atoms with Crippen molar-refractivity contribution in [2.45, 2.75) is 6.18 Å². The Balaban J connectivity index is 2.34. The summed E-state index contributed by atoms with van der Waals surface area (Å²) in [6.45, 7) is 0. The fraction of sp³-hybridized carbons (Fsp3) is 0.0769. The van der Waals surface area contributed by atoms with Gasteiger partial charge in [0.15, 0.2) is 0 Å². The molecule has 2 aromatic rings. The predicted octanol–water partition coefficient (Wildman–Crippen LogP) is 3.54. The van der Waals surface area contributed by atoms with Crippen LogP contribution in [0, 0.1) is 0 Å². The predicted molar refractivity (Wildman–Crippen MR) is 65.9 cm³/mol. The van der Waals surface area contributed by atoms with E-state index in [0.29, 0.717) is 0 Å². The average Bonchev–Trinajstić information content (AvgIpc) is 2.38. The number of nitrogens with one attached hydrogen (secondary N) is 1. The number of halogens is 3. The van der Waals surface area contributed by atoms with Gasteiger partial charge in [0, 0.05) is 11.9 Å². The second-order valence-electron chi connectivity index (χ2n) is 3.93. The molecule has 2 N–H and O–H groups in total. The highest BCUT2D eigenvalue weighted by atomic mass is 19.4. The lowest BCUT2D eigenvalue weighted by Crippen LogP contribution is -2.06. The Bertz CT molecular complexity index is 642. The van der Waals surface area contributed by atoms with Gasteiger partial charge in [0.2, 0.25) is 0 Å². The topological polar surface area (TPSA) is 62.2 Å². The summed E-state index contributed by atoms with van der Waals surface area (Å²) >= 11 is 0. The monoisotopic (exact) mass is 282 g/mol. The molecular formula is C13H9F3N2O2. The lowest BCUT2D eigenvalue weighted by Gasteiger charge is -2.11. The molecular weight excluding hydrogens is 273 g/mol. The molecule has 0 atom stereocenters. The Morgan fingerprint density at radius 3 is 2.65 bits per heavy atom. The quantitative estimate of drug-likeness (QED) is 0.903. The van der Waals surface area contributed by atoms with Crippen LogP contribution in [0.25, 0.3) is 0 Å². The molecule has 0 unspecified atom stereocenters. The Morgan fingerprint density at radius 2 is 2.00 bits per heavy atom. The van der Waals surface area contributed by atoms with E-state index in [2.05, 4.69) is 10.3 Å². The molecule has 20 heavy (non-hydrogen) atoms. The number of pyridine rings is 1. The minimum atomic E-state index is -4.46. The van der Waals surface area contributed by atoms with E-state index in [1.165, 1.54) is 30.6 Å². The first-order valence-electron chi connectivity index (χ1n) is 5.49. The molecule has 0 spiro atoms. The van der Waals surface area contributed by atoms with Crippen LogP contribution >= 0.6 is 0 Å². The van der Waals surface area contributed by atoms with Gasteiger partial charge < -0.3 is 10.4 Å². The van der Waals surface area contributed by atoms with Crippen LogP contribution in [-0.4, -0.2) is 16.1 Å². The average molecular weight is 282 g/mol. The number of carboxylic acid groups (broad SMARTS) is 1. The summed E-state index contributed by atoms with van der Waals surface area (Å²) in [6.07, 6.45) is -1.92. The van der Waals surface area contributed by atoms with Gasteiger partial charge in [-0.2, -0.15) is 13.2 Å². The maximum Gasteiger partial charge on any atom is 0.416 e. The Hall–Kier alpha value is -2.57. The fourth-order valence-corrected chi connectivity index (χ4v) is 1.61. The van der Waals surface area contributed by atoms with Crippen LogP contribution < -0.4 is 5.32 Å². The molecule has 1 aromatic carbocycles. The molecule has 0 bridgehead atoms. The summed E-state index contributed by atoms with van der Waals surface area (Å²) in [5, 5.41) is 11.6. The molecule has 0 fully saturated rings. The molecule has 2 rings (SSSR count). The number of aromatic nitrogens is 1. The zero-order valence-electron chi connectivity index (χ0n) is 9.98. The van der Waals surface area contributed by atoms with Crippen molar-refractivity contribution in [1.29, 1.82) is 0 Å². The van der Waals surface area contributed by atoms with Gasteiger partial charge in [0.25, 0.3) is 0 Å². The number of alkyl halides is 3. The van der Waals surface area contributed by atoms with Crippen LogP contribution in [0.15, 0.2) is 42.7 Å². The van der Waals surface area contributed by atoms with Crippen LogP contribution in [0.2, 0.25) is 0 Å². The standard InChI is InChI=1S/C13H9F3N2O2/c14-13(15,16)8-2-1-3-9(6-8)18-11-7-17-5-4-10(11)12(19)20/h1-7,18H,(H,19,20). The van der Waals surface area contributed by atoms with Crippen molar-refractivity contribution in [2.24, 2.45) is 0 Å². The first-order valence-corrected chi connectivity index (χ1v) is 5.49. The third-order valence-corrected chi connectivity index (χ3v) is 2.52. The van der Waals surface area contributed by atoms with E-state index in [1.54, 1.807) is 0 Å². The van der Waals surface area contributed by atoms with Gasteiger partial charge >= 0.3 is 12.1 Å². The van der Waals surface area contributed by atoms with Gasteiger partial charge in [-0.05, 0) is 24.3 Å². The van der Waals surface area contributed by atoms with Crippen molar-refractivity contribution in [3.8, 4) is 0 Å². The van der Waals surface area contributed by atoms with E-state index in [9.17, 15) is 18.0 Å². The van der Waals surface area contributed by atoms with Gasteiger partial charge in [0.05, 0.1) is 23.0 Å². The van der Waals surface area contributed by atoms with Crippen molar-refractivity contribution < 1.29 is 23.1 Å². The molecule has 0 amide bonds. The minimum absolute atomic E-state index is 0.0718. The second-order valence-corrected chi connectivity index (χ2v) is 3.93. The fourth-order valence-electron chi connectivity index (χ4n) is 1.61. The number of anilines is 2. The number of hydrogen-bond acceptors (Lipinski definition) is 3. The Kier molecular flexibility index (Phi) is 3.60. The molecule has 1 aromatic heterocycles. The van der Waals surface area contributed by atoms with E-state index in [1.807, 2.05) is 0 Å². The maximum absolute atomic E-state index is 12.6. The van der Waals surface area contributed by atoms with Crippen molar-refractivity contribution in [3.05, 3.63) is 53.9 Å². The maximum atomic E-state index is 12.6. The third-order valence-electron chi connectivity index (χ3n) is 2.52. The van der Waals surface area contributed by atoms with Crippen molar-refractivity contribution in [2.75, 3.05) is 5.32 Å². The van der Waals surface area contributed by atoms with Gasteiger partial charge in [-0.1, -0.05) is 6.07 Å². The molecule has 0 saturated carbocycles. The molecule has 0 aliphatic heterocycles. The molecule has 4 nitrogen and oxygen atoms in total. The van der Waals surface area contributed by atoms with Crippen LogP contribution in [-0.2, 0) is 6.18 Å². The number of hydrogen-bond donors (Lipinski definition) is 2. The van der Waals surface area contributed by atoms with Gasteiger partial charge in [0.1, 0.15) is 0 Å². The van der Waals surface area contributed by atoms with E-state index in [-0.39, 0.29) is 16.9 Å². The summed E-state index contributed by atoms with van der Waals surface area (Å²) in [5.41, 5.74) is -0.629. The van der Waals surface area contributed by atoms with Crippen LogP contribution in [0.3, 0.4) is 0 Å². The normalized spacial score (nSPS) is 11.2. The van der Waals surface area contributed by atoms with Gasteiger partial charge in [-0.25, -0.2) is 4.79 Å². The summed E-state index contributed by atoms with van der Waals surface area (Å²) in [5.74, 6) is -1.19. The number of carbonyl (C=O) groups is 1. The molecule has 1 heterocycles. The Morgan fingerprint density at radius 1 is 1.25 bits per heavy atom. The number of carboxylic acids is 1. The van der Waals surface area contributed by atoms with E-state index >= 15 is 0 Å². The second kappa shape index (κ2) is 5.20. The van der Waals surface area contributed by atoms with Crippen LogP contribution in [0.1, 0.15) is 15.9 Å². The Labute approximate surface area is 111 Å². The van der Waals surface area contributed by atoms with Gasteiger partial charge in [-0.15, -0.1) is 0 Å². The first-order chi connectivity index (χ1) is 9.38. The number of aromatic carboxylic acids is 1. The third kappa shape index (κ3) is 3.05. The smallest absolute Gasteiger partial charge is 0.416 e. The molecule has 0 radical (unpaired) electrons. The van der Waals surface area contributed by atoms with E-state index in [4.69, 9.17) is 5.11 Å². The molecule has 0 aliphatic rings. The van der Waals surface area contributed by atoms with Crippen LogP contribution in [0.5, 0.6) is 0 Å². The highest BCUT2D eigenvalue weighted by molar-refractivity contribution is 5.94. The molecule has 0 aliphatic carbocycles. The molecule has 0 saturated heterocycles. The summed E-state index contributed by atoms with van der Waals surface area (Å²) in [4.78, 5) is 14.7. The summed E-state index contributed by atoms with van der Waals surface area (Å²) in [7, 11) is 0. The summed E-state index contributed by atoms with van der Waals surface area (Å²) < 4.78 is 37.7. The minimum Gasteiger partial charge on any atom is -0.478 e. The van der Waals surface area contributed by atoms with Crippen LogP contribution in [0.4, 0.5) is 24.5 Å². The zero-order chi connectivity index (χ0) is 14.8.